The molecule has 0 unspecified atom stereocenters. The van der Waals surface area contributed by atoms with E-state index in [2.05, 4.69) is 10.3 Å². The first-order chi connectivity index (χ1) is 10.5. The number of carbonyl (C=O) groups excluding carboxylic acids is 2. The van der Waals surface area contributed by atoms with Crippen molar-refractivity contribution in [2.75, 3.05) is 0 Å². The van der Waals surface area contributed by atoms with E-state index in [1.807, 2.05) is 24.4 Å². The van der Waals surface area contributed by atoms with Crippen LogP contribution in [0, 0.1) is 0 Å². The fourth-order valence-electron chi connectivity index (χ4n) is 2.62. The highest BCUT2D eigenvalue weighted by atomic mass is 32.1. The molecule has 0 radical (unpaired) electrons. The summed E-state index contributed by atoms with van der Waals surface area (Å²) in [5, 5.41) is 4.70. The third-order valence-electron chi connectivity index (χ3n) is 3.70. The quantitative estimate of drug-likeness (QED) is 0.860. The van der Waals surface area contributed by atoms with Gasteiger partial charge < -0.3 is 9.73 Å². The lowest BCUT2D eigenvalue weighted by molar-refractivity contribution is -0.131. The molecule has 1 atom stereocenters. The Hall–Kier alpha value is -2.15. The normalized spacial score (nSPS) is 21.5. The number of amides is 3. The van der Waals surface area contributed by atoms with Gasteiger partial charge in [-0.1, -0.05) is 19.4 Å². The third-order valence-corrected chi connectivity index (χ3v) is 4.56. The predicted octanol–water partition coefficient (Wildman–Crippen LogP) is 3.01. The molecule has 6 nitrogen and oxygen atoms in total. The SMILES string of the molecule is CCC[C@@]1(C)NC(=O)N(Cc2coc(-c3cccs3)n2)C1=O. The summed E-state index contributed by atoms with van der Waals surface area (Å²) in [6.45, 7) is 3.87. The lowest BCUT2D eigenvalue weighted by Crippen LogP contribution is -2.43. The van der Waals surface area contributed by atoms with E-state index in [1.165, 1.54) is 22.5 Å². The second-order valence-electron chi connectivity index (χ2n) is 5.52. The van der Waals surface area contributed by atoms with Gasteiger partial charge in [0.25, 0.3) is 5.91 Å². The fourth-order valence-corrected chi connectivity index (χ4v) is 3.27. The molecule has 0 aliphatic carbocycles. The molecule has 0 bridgehead atoms. The zero-order valence-corrected chi connectivity index (χ0v) is 13.3. The van der Waals surface area contributed by atoms with Gasteiger partial charge in [0.2, 0.25) is 5.89 Å². The number of hydrogen-bond donors (Lipinski definition) is 1. The van der Waals surface area contributed by atoms with Crippen LogP contribution in [0.5, 0.6) is 0 Å². The van der Waals surface area contributed by atoms with Gasteiger partial charge in [-0.25, -0.2) is 9.78 Å². The van der Waals surface area contributed by atoms with Crippen LogP contribution in [0.4, 0.5) is 4.79 Å². The number of nitrogens with one attached hydrogen (secondary N) is 1. The molecular weight excluding hydrogens is 302 g/mol. The van der Waals surface area contributed by atoms with Crippen molar-refractivity contribution in [1.29, 1.82) is 0 Å². The van der Waals surface area contributed by atoms with Crippen LogP contribution in [0.2, 0.25) is 0 Å². The van der Waals surface area contributed by atoms with Gasteiger partial charge in [-0.05, 0) is 24.8 Å². The fraction of sp³-hybridized carbons (Fsp3) is 0.400. The molecule has 1 aliphatic heterocycles. The Labute approximate surface area is 132 Å². The maximum absolute atomic E-state index is 12.5. The summed E-state index contributed by atoms with van der Waals surface area (Å²) in [5.41, 5.74) is -0.251. The molecule has 7 heteroatoms. The molecule has 22 heavy (non-hydrogen) atoms. The minimum atomic E-state index is -0.813. The molecule has 1 saturated heterocycles. The maximum Gasteiger partial charge on any atom is 0.325 e. The Kier molecular flexibility index (Phi) is 3.74. The van der Waals surface area contributed by atoms with Crippen molar-refractivity contribution in [3.63, 3.8) is 0 Å². The van der Waals surface area contributed by atoms with Crippen molar-refractivity contribution in [2.45, 2.75) is 38.8 Å². The molecule has 1 N–H and O–H groups in total. The Morgan fingerprint density at radius 2 is 2.27 bits per heavy atom. The third kappa shape index (κ3) is 2.52. The van der Waals surface area contributed by atoms with E-state index in [0.29, 0.717) is 18.0 Å². The van der Waals surface area contributed by atoms with Gasteiger partial charge in [0, 0.05) is 0 Å². The Morgan fingerprint density at radius 1 is 1.45 bits per heavy atom. The molecule has 0 saturated carbocycles. The summed E-state index contributed by atoms with van der Waals surface area (Å²) in [6.07, 6.45) is 2.93. The van der Waals surface area contributed by atoms with Gasteiger partial charge in [0.05, 0.1) is 17.1 Å². The van der Waals surface area contributed by atoms with Crippen LogP contribution < -0.4 is 5.32 Å². The van der Waals surface area contributed by atoms with Crippen molar-refractivity contribution in [3.05, 3.63) is 29.5 Å². The lowest BCUT2D eigenvalue weighted by Gasteiger charge is -2.20. The minimum Gasteiger partial charge on any atom is -0.443 e. The van der Waals surface area contributed by atoms with Crippen molar-refractivity contribution in [1.82, 2.24) is 15.2 Å². The predicted molar refractivity (Wildman–Crippen MR) is 82.2 cm³/mol. The number of imide groups is 1. The van der Waals surface area contributed by atoms with Crippen LogP contribution >= 0.6 is 11.3 Å². The van der Waals surface area contributed by atoms with Crippen LogP contribution in [0.1, 0.15) is 32.4 Å². The van der Waals surface area contributed by atoms with Gasteiger partial charge in [-0.2, -0.15) is 0 Å². The minimum absolute atomic E-state index is 0.124. The van der Waals surface area contributed by atoms with Crippen molar-refractivity contribution in [3.8, 4) is 10.8 Å². The van der Waals surface area contributed by atoms with E-state index in [-0.39, 0.29) is 18.5 Å². The van der Waals surface area contributed by atoms with E-state index in [1.54, 1.807) is 6.92 Å². The van der Waals surface area contributed by atoms with E-state index in [9.17, 15) is 9.59 Å². The molecule has 3 heterocycles. The smallest absolute Gasteiger partial charge is 0.325 e. The number of hydrogen-bond acceptors (Lipinski definition) is 5. The summed E-state index contributed by atoms with van der Waals surface area (Å²) in [4.78, 5) is 31.0. The average molecular weight is 319 g/mol. The lowest BCUT2D eigenvalue weighted by atomic mass is 9.96. The molecule has 1 fully saturated rings. The monoisotopic (exact) mass is 319 g/mol. The summed E-state index contributed by atoms with van der Waals surface area (Å²) >= 11 is 1.52. The largest absolute Gasteiger partial charge is 0.443 e. The van der Waals surface area contributed by atoms with Crippen LogP contribution in [-0.4, -0.2) is 27.4 Å². The summed E-state index contributed by atoms with van der Waals surface area (Å²) in [7, 11) is 0. The molecule has 2 aromatic rings. The number of urea groups is 1. The number of rotatable bonds is 5. The first-order valence-electron chi connectivity index (χ1n) is 7.16. The van der Waals surface area contributed by atoms with E-state index in [4.69, 9.17) is 4.42 Å². The topological polar surface area (TPSA) is 75.4 Å². The average Bonchev–Trinajstić information content (AvgIpc) is 3.17. The van der Waals surface area contributed by atoms with Gasteiger partial charge in [-0.3, -0.25) is 9.69 Å². The van der Waals surface area contributed by atoms with Crippen LogP contribution in [0.3, 0.4) is 0 Å². The van der Waals surface area contributed by atoms with Gasteiger partial charge in [0.1, 0.15) is 11.8 Å². The Balaban J connectivity index is 1.76. The van der Waals surface area contributed by atoms with E-state index in [0.717, 1.165) is 11.3 Å². The molecule has 116 valence electrons. The summed E-state index contributed by atoms with van der Waals surface area (Å²) < 4.78 is 5.42. The zero-order chi connectivity index (χ0) is 15.7. The van der Waals surface area contributed by atoms with Crippen LogP contribution in [0.15, 0.2) is 28.2 Å². The maximum atomic E-state index is 12.5. The van der Waals surface area contributed by atoms with E-state index >= 15 is 0 Å². The zero-order valence-electron chi connectivity index (χ0n) is 12.5. The number of nitrogens with zero attached hydrogens (tertiary/aromatic N) is 2. The van der Waals surface area contributed by atoms with Crippen LogP contribution in [0.25, 0.3) is 10.8 Å². The molecular formula is C15H17N3O3S. The van der Waals surface area contributed by atoms with Crippen molar-refractivity contribution in [2.24, 2.45) is 0 Å². The van der Waals surface area contributed by atoms with Crippen molar-refractivity contribution >= 4 is 23.3 Å². The molecule has 3 amide bonds. The van der Waals surface area contributed by atoms with Crippen LogP contribution in [-0.2, 0) is 11.3 Å². The number of thiophene rings is 1. The van der Waals surface area contributed by atoms with Crippen molar-refractivity contribution < 1.29 is 14.0 Å². The molecule has 2 aromatic heterocycles. The number of carbonyl (C=O) groups is 2. The Bertz CT molecular complexity index is 695. The highest BCUT2D eigenvalue weighted by Gasteiger charge is 2.47. The van der Waals surface area contributed by atoms with E-state index < -0.39 is 5.54 Å². The number of oxazole rings is 1. The van der Waals surface area contributed by atoms with Gasteiger partial charge in [-0.15, -0.1) is 11.3 Å². The summed E-state index contributed by atoms with van der Waals surface area (Å²) in [5.74, 6) is 0.299. The highest BCUT2D eigenvalue weighted by Crippen LogP contribution is 2.26. The highest BCUT2D eigenvalue weighted by molar-refractivity contribution is 7.13. The van der Waals surface area contributed by atoms with Gasteiger partial charge >= 0.3 is 6.03 Å². The second kappa shape index (κ2) is 5.57. The molecule has 0 spiro atoms. The second-order valence-corrected chi connectivity index (χ2v) is 6.47. The molecule has 1 aliphatic rings. The first-order valence-corrected chi connectivity index (χ1v) is 8.04. The first kappa shape index (κ1) is 14.8. The molecule has 0 aromatic carbocycles. The standard InChI is InChI=1S/C15H17N3O3S/c1-3-6-15(2)13(19)18(14(20)17-15)8-10-9-21-12(16-10)11-5-4-7-22-11/h4-5,7,9H,3,6,8H2,1-2H3,(H,17,20)/t15-/m1/s1. The number of aromatic nitrogens is 1. The Morgan fingerprint density at radius 3 is 2.95 bits per heavy atom. The molecule has 3 rings (SSSR count). The summed E-state index contributed by atoms with van der Waals surface area (Å²) in [6, 6.07) is 3.45. The van der Waals surface area contributed by atoms with Gasteiger partial charge in [0.15, 0.2) is 0 Å².